The van der Waals surface area contributed by atoms with Crippen LogP contribution in [0.15, 0.2) is 180 Å². The molecule has 264 valence electrons. The number of pyridine rings is 1. The number of benzene rings is 7. The molecule has 56 heavy (non-hydrogen) atoms. The first-order chi connectivity index (χ1) is 27.5. The second-order valence-electron chi connectivity index (χ2n) is 15.2. The maximum absolute atomic E-state index is 6.46. The monoisotopic (exact) mass is 717 g/mol. The summed E-state index contributed by atoms with van der Waals surface area (Å²) in [4.78, 5) is 15.4. The van der Waals surface area contributed by atoms with Crippen molar-refractivity contribution in [3.05, 3.63) is 187 Å². The molecule has 10 aromatic rings. The number of aromatic nitrogens is 3. The van der Waals surface area contributed by atoms with Gasteiger partial charge in [0, 0.05) is 43.8 Å². The van der Waals surface area contributed by atoms with Crippen molar-refractivity contribution in [2.75, 3.05) is 0 Å². The minimum atomic E-state index is -0.0975. The summed E-state index contributed by atoms with van der Waals surface area (Å²) in [7, 11) is 0. The number of hydrogen-bond donors (Lipinski definition) is 0. The smallest absolute Gasteiger partial charge is 0.162 e. The van der Waals surface area contributed by atoms with E-state index in [1.165, 1.54) is 22.3 Å². The molecule has 3 aromatic heterocycles. The summed E-state index contributed by atoms with van der Waals surface area (Å²) < 4.78 is 6.46. The molecule has 0 aliphatic heterocycles. The Bertz CT molecular complexity index is 3140. The van der Waals surface area contributed by atoms with Crippen LogP contribution in [0.2, 0.25) is 0 Å². The average molecular weight is 718 g/mol. The van der Waals surface area contributed by atoms with Crippen molar-refractivity contribution in [2.45, 2.75) is 19.3 Å². The predicted molar refractivity (Wildman–Crippen MR) is 229 cm³/mol. The number of para-hydroxylation sites is 2. The van der Waals surface area contributed by atoms with Gasteiger partial charge in [-0.3, -0.25) is 0 Å². The van der Waals surface area contributed by atoms with Crippen molar-refractivity contribution >= 4 is 32.8 Å². The molecule has 0 radical (unpaired) electrons. The molecule has 4 heteroatoms. The number of rotatable bonds is 5. The van der Waals surface area contributed by atoms with Crippen molar-refractivity contribution in [1.29, 1.82) is 0 Å². The van der Waals surface area contributed by atoms with Crippen LogP contribution in [0.4, 0.5) is 0 Å². The van der Waals surface area contributed by atoms with Gasteiger partial charge in [-0.2, -0.15) is 0 Å². The van der Waals surface area contributed by atoms with Crippen molar-refractivity contribution in [3.8, 4) is 67.4 Å². The van der Waals surface area contributed by atoms with Crippen LogP contribution >= 0.6 is 0 Å². The summed E-state index contributed by atoms with van der Waals surface area (Å²) in [5.41, 5.74) is 16.9. The number of furan rings is 1. The average Bonchev–Trinajstić information content (AvgIpc) is 3.76. The number of hydrogen-bond acceptors (Lipinski definition) is 4. The van der Waals surface area contributed by atoms with Gasteiger partial charge >= 0.3 is 0 Å². The highest BCUT2D eigenvalue weighted by atomic mass is 16.3. The molecule has 1 aliphatic rings. The predicted octanol–water partition coefficient (Wildman–Crippen LogP) is 13.6. The van der Waals surface area contributed by atoms with Gasteiger partial charge in [0.25, 0.3) is 0 Å². The lowest BCUT2D eigenvalue weighted by atomic mass is 9.82. The highest BCUT2D eigenvalue weighted by molar-refractivity contribution is 6.20. The lowest BCUT2D eigenvalue weighted by molar-refractivity contribution is 0.660. The zero-order valence-electron chi connectivity index (χ0n) is 31.0. The van der Waals surface area contributed by atoms with E-state index >= 15 is 0 Å². The molecule has 0 atom stereocenters. The van der Waals surface area contributed by atoms with E-state index < -0.39 is 0 Å². The summed E-state index contributed by atoms with van der Waals surface area (Å²) in [6.45, 7) is 4.63. The van der Waals surface area contributed by atoms with Crippen molar-refractivity contribution in [2.24, 2.45) is 0 Å². The van der Waals surface area contributed by atoms with Gasteiger partial charge < -0.3 is 4.42 Å². The molecular formula is C52H35N3O. The molecule has 4 nitrogen and oxygen atoms in total. The highest BCUT2D eigenvalue weighted by Gasteiger charge is 2.35. The van der Waals surface area contributed by atoms with Gasteiger partial charge in [-0.15, -0.1) is 0 Å². The molecule has 0 N–H and O–H groups in total. The first-order valence-electron chi connectivity index (χ1n) is 19.1. The van der Waals surface area contributed by atoms with Crippen LogP contribution in [-0.4, -0.2) is 15.0 Å². The number of nitrogens with zero attached hydrogens (tertiary/aromatic N) is 3. The van der Waals surface area contributed by atoms with Gasteiger partial charge in [0.1, 0.15) is 11.3 Å². The summed E-state index contributed by atoms with van der Waals surface area (Å²) >= 11 is 0. The molecule has 0 bridgehead atoms. The van der Waals surface area contributed by atoms with Crippen molar-refractivity contribution in [1.82, 2.24) is 15.0 Å². The molecule has 0 unspecified atom stereocenters. The van der Waals surface area contributed by atoms with E-state index in [-0.39, 0.29) is 5.41 Å². The summed E-state index contributed by atoms with van der Waals surface area (Å²) in [5.74, 6) is 0.710. The third-order valence-corrected chi connectivity index (χ3v) is 11.5. The Kier molecular flexibility index (Phi) is 7.17. The van der Waals surface area contributed by atoms with E-state index in [9.17, 15) is 0 Å². The second-order valence-corrected chi connectivity index (χ2v) is 15.2. The fourth-order valence-corrected chi connectivity index (χ4v) is 8.61. The Morgan fingerprint density at radius 1 is 0.429 bits per heavy atom. The van der Waals surface area contributed by atoms with Crippen LogP contribution in [0.25, 0.3) is 100 Å². The third-order valence-electron chi connectivity index (χ3n) is 11.5. The van der Waals surface area contributed by atoms with Gasteiger partial charge in [-0.1, -0.05) is 166 Å². The molecule has 11 rings (SSSR count). The molecule has 0 saturated heterocycles. The maximum atomic E-state index is 6.46. The lowest BCUT2D eigenvalue weighted by Gasteiger charge is -2.22. The molecule has 0 spiro atoms. The van der Waals surface area contributed by atoms with Gasteiger partial charge in [0.05, 0.1) is 16.9 Å². The zero-order chi connectivity index (χ0) is 37.4. The van der Waals surface area contributed by atoms with Crippen LogP contribution < -0.4 is 0 Å². The SMILES string of the molecule is CC1(C)c2ccccc2-c2ccc(-c3cc(-c4ccc(-c5ccc(-c6nc7ccccc7c7c6oc6ccccc67)cc5)cc4)nc(-c4ccccc4)n3)cc21. The van der Waals surface area contributed by atoms with Gasteiger partial charge in [0.2, 0.25) is 0 Å². The first-order valence-corrected chi connectivity index (χ1v) is 19.1. The van der Waals surface area contributed by atoms with Gasteiger partial charge in [0.15, 0.2) is 11.4 Å². The topological polar surface area (TPSA) is 51.8 Å². The van der Waals surface area contributed by atoms with Crippen LogP contribution in [0.3, 0.4) is 0 Å². The molecule has 7 aromatic carbocycles. The molecule has 0 amide bonds. The fraction of sp³-hybridized carbons (Fsp3) is 0.0577. The van der Waals surface area contributed by atoms with Gasteiger partial charge in [-0.05, 0) is 57.6 Å². The van der Waals surface area contributed by atoms with Crippen molar-refractivity contribution in [3.63, 3.8) is 0 Å². The van der Waals surface area contributed by atoms with E-state index in [1.54, 1.807) is 0 Å². The largest absolute Gasteiger partial charge is 0.454 e. The minimum absolute atomic E-state index is 0.0975. The van der Waals surface area contributed by atoms with E-state index in [0.29, 0.717) is 5.82 Å². The van der Waals surface area contributed by atoms with Crippen molar-refractivity contribution < 1.29 is 4.42 Å². The van der Waals surface area contributed by atoms with Crippen LogP contribution in [0, 0.1) is 0 Å². The third kappa shape index (κ3) is 5.10. The second kappa shape index (κ2) is 12.4. The molecule has 1 aliphatic carbocycles. The van der Waals surface area contributed by atoms with E-state index in [4.69, 9.17) is 19.4 Å². The molecule has 0 fully saturated rings. The van der Waals surface area contributed by atoms with E-state index in [2.05, 4.69) is 153 Å². The first kappa shape index (κ1) is 32.3. The quantitative estimate of drug-likeness (QED) is 0.178. The molecular weight excluding hydrogens is 683 g/mol. The highest BCUT2D eigenvalue weighted by Crippen LogP contribution is 2.49. The van der Waals surface area contributed by atoms with Gasteiger partial charge in [-0.25, -0.2) is 15.0 Å². The minimum Gasteiger partial charge on any atom is -0.454 e. The lowest BCUT2D eigenvalue weighted by Crippen LogP contribution is -2.14. The normalized spacial score (nSPS) is 13.0. The Morgan fingerprint density at radius 3 is 1.80 bits per heavy atom. The van der Waals surface area contributed by atoms with Crippen LogP contribution in [0.5, 0.6) is 0 Å². The number of fused-ring (bicyclic) bond motifs is 8. The summed E-state index contributed by atoms with van der Waals surface area (Å²) in [6, 6.07) is 61.8. The summed E-state index contributed by atoms with van der Waals surface area (Å²) in [5, 5.41) is 3.31. The standard InChI is InChI=1S/C52H35N3O/c1-52(2)42-17-9-6-14-38(42)39-29-28-37(30-43(39)52)46-31-45(54-51(55-46)36-12-4-3-5-13-36)34-24-20-32(21-25-34)33-22-26-35(27-23-33)49-50-48(40-15-7-10-18-44(40)53-49)41-16-8-11-19-47(41)56-50/h3-31H,1-2H3. The Labute approximate surface area is 324 Å². The Balaban J connectivity index is 0.954. The Hall–Kier alpha value is -7.17. The van der Waals surface area contributed by atoms with E-state index in [0.717, 1.165) is 83.3 Å². The molecule has 3 heterocycles. The summed E-state index contributed by atoms with van der Waals surface area (Å²) in [6.07, 6.45) is 0. The zero-order valence-corrected chi connectivity index (χ0v) is 31.0. The fourth-order valence-electron chi connectivity index (χ4n) is 8.61. The molecule has 0 saturated carbocycles. The van der Waals surface area contributed by atoms with Crippen LogP contribution in [-0.2, 0) is 5.41 Å². The van der Waals surface area contributed by atoms with E-state index in [1.807, 2.05) is 36.4 Å². The maximum Gasteiger partial charge on any atom is 0.162 e. The Morgan fingerprint density at radius 2 is 1.02 bits per heavy atom. The van der Waals surface area contributed by atoms with Crippen LogP contribution in [0.1, 0.15) is 25.0 Å².